The number of aliphatic carboxylic acids is 1. The van der Waals surface area contributed by atoms with Gasteiger partial charge < -0.3 is 14.7 Å². The summed E-state index contributed by atoms with van der Waals surface area (Å²) in [5.41, 5.74) is 0.283. The molecule has 1 saturated heterocycles. The second-order valence-electron chi connectivity index (χ2n) is 6.51. The number of carbonyl (C=O) groups is 2. The fourth-order valence-electron chi connectivity index (χ4n) is 3.32. The van der Waals surface area contributed by atoms with Gasteiger partial charge in [0.05, 0.1) is 12.0 Å². The fourth-order valence-corrected chi connectivity index (χ4v) is 3.32. The Morgan fingerprint density at radius 1 is 1.41 bits per heavy atom. The summed E-state index contributed by atoms with van der Waals surface area (Å²) in [6, 6.07) is 7.84. The third-order valence-corrected chi connectivity index (χ3v) is 4.85. The summed E-state index contributed by atoms with van der Waals surface area (Å²) in [5.74, 6) is 0.253. The zero-order valence-electron chi connectivity index (χ0n) is 12.7. The van der Waals surface area contributed by atoms with Crippen LogP contribution >= 0.6 is 0 Å². The number of hydrogen-bond acceptors (Lipinski definition) is 3. The third-order valence-electron chi connectivity index (χ3n) is 4.85. The van der Waals surface area contributed by atoms with Crippen LogP contribution in [0, 0.1) is 5.41 Å². The first-order chi connectivity index (χ1) is 10.5. The number of carbonyl (C=O) groups excluding carboxylic acids is 1. The molecule has 5 heteroatoms. The predicted octanol–water partition coefficient (Wildman–Crippen LogP) is 2.27. The number of carboxylic acids is 1. The Bertz CT molecular complexity index is 600. The molecule has 1 fully saturated rings. The van der Waals surface area contributed by atoms with Crippen LogP contribution in [0.1, 0.15) is 37.7 Å². The first-order valence-electron chi connectivity index (χ1n) is 7.72. The van der Waals surface area contributed by atoms with Crippen LogP contribution in [0.4, 0.5) is 0 Å². The lowest BCUT2D eigenvalue weighted by Gasteiger charge is -2.27. The molecule has 0 aromatic heterocycles. The van der Waals surface area contributed by atoms with Gasteiger partial charge in [0.1, 0.15) is 5.75 Å². The highest BCUT2D eigenvalue weighted by atomic mass is 16.5. The lowest BCUT2D eigenvalue weighted by atomic mass is 9.89. The van der Waals surface area contributed by atoms with E-state index in [0.29, 0.717) is 32.5 Å². The maximum atomic E-state index is 12.5. The van der Waals surface area contributed by atoms with Crippen molar-refractivity contribution in [2.75, 3.05) is 19.7 Å². The molecule has 1 amide bonds. The zero-order valence-corrected chi connectivity index (χ0v) is 12.7. The number of rotatable bonds is 3. The van der Waals surface area contributed by atoms with E-state index >= 15 is 0 Å². The lowest BCUT2D eigenvalue weighted by molar-refractivity contribution is -0.147. The molecule has 5 nitrogen and oxygen atoms in total. The average Bonchev–Trinajstić information content (AvgIpc) is 2.92. The lowest BCUT2D eigenvalue weighted by Crippen LogP contribution is -2.35. The summed E-state index contributed by atoms with van der Waals surface area (Å²) in [7, 11) is 0. The topological polar surface area (TPSA) is 66.8 Å². The highest BCUT2D eigenvalue weighted by Gasteiger charge is 2.42. The molecule has 1 N–H and O–H groups in total. The normalized spacial score (nSPS) is 27.1. The molecule has 0 spiro atoms. The number of para-hydroxylation sites is 1. The Morgan fingerprint density at radius 2 is 2.18 bits per heavy atom. The van der Waals surface area contributed by atoms with Gasteiger partial charge in [0, 0.05) is 19.5 Å². The third kappa shape index (κ3) is 2.67. The molecule has 0 bridgehead atoms. The van der Waals surface area contributed by atoms with E-state index in [1.807, 2.05) is 24.3 Å². The van der Waals surface area contributed by atoms with Gasteiger partial charge in [-0.25, -0.2) is 0 Å². The van der Waals surface area contributed by atoms with Crippen LogP contribution in [-0.2, 0) is 9.59 Å². The van der Waals surface area contributed by atoms with Crippen molar-refractivity contribution >= 4 is 11.9 Å². The van der Waals surface area contributed by atoms with E-state index in [4.69, 9.17) is 4.74 Å². The van der Waals surface area contributed by atoms with Gasteiger partial charge >= 0.3 is 5.97 Å². The number of fused-ring (bicyclic) bond motifs is 1. The Labute approximate surface area is 129 Å². The molecule has 118 valence electrons. The Kier molecular flexibility index (Phi) is 3.81. The minimum atomic E-state index is -0.820. The quantitative estimate of drug-likeness (QED) is 0.930. The van der Waals surface area contributed by atoms with Gasteiger partial charge in [0.25, 0.3) is 0 Å². The van der Waals surface area contributed by atoms with Crippen molar-refractivity contribution in [1.29, 1.82) is 0 Å². The van der Waals surface area contributed by atoms with Crippen LogP contribution in [0.5, 0.6) is 5.75 Å². The van der Waals surface area contributed by atoms with Gasteiger partial charge in [-0.3, -0.25) is 9.59 Å². The second kappa shape index (κ2) is 5.63. The van der Waals surface area contributed by atoms with Crippen molar-refractivity contribution in [2.45, 2.75) is 32.1 Å². The number of carboxylic acid groups (broad SMARTS) is 1. The molecule has 2 aliphatic heterocycles. The Morgan fingerprint density at radius 3 is 2.91 bits per heavy atom. The van der Waals surface area contributed by atoms with Gasteiger partial charge in [-0.1, -0.05) is 18.2 Å². The van der Waals surface area contributed by atoms with Crippen molar-refractivity contribution in [3.63, 3.8) is 0 Å². The van der Waals surface area contributed by atoms with Gasteiger partial charge in [0.2, 0.25) is 5.91 Å². The van der Waals surface area contributed by atoms with Crippen molar-refractivity contribution < 1.29 is 19.4 Å². The van der Waals surface area contributed by atoms with Gasteiger partial charge in [-0.2, -0.15) is 0 Å². The van der Waals surface area contributed by atoms with E-state index in [1.54, 1.807) is 11.8 Å². The number of hydrogen-bond donors (Lipinski definition) is 1. The van der Waals surface area contributed by atoms with Crippen LogP contribution in [0.25, 0.3) is 0 Å². The Hall–Kier alpha value is -2.04. The molecule has 22 heavy (non-hydrogen) atoms. The van der Waals surface area contributed by atoms with E-state index in [2.05, 4.69) is 0 Å². The standard InChI is InChI=1S/C17H21NO4/c1-17(16(20)21)7-8-18(11-17)15(19)10-12-6-9-22-14-5-3-2-4-13(12)14/h2-5,12H,6-11H2,1H3,(H,20,21)/t12-,17+/m1/s1. The summed E-state index contributed by atoms with van der Waals surface area (Å²) in [5, 5.41) is 9.27. The SMILES string of the molecule is C[C@]1(C(=O)O)CCN(C(=O)C[C@H]2CCOc3ccccc32)C1. The molecule has 0 saturated carbocycles. The van der Waals surface area contributed by atoms with Crippen LogP contribution < -0.4 is 4.74 Å². The minimum Gasteiger partial charge on any atom is -0.493 e. The summed E-state index contributed by atoms with van der Waals surface area (Å²) in [6.07, 6.45) is 1.78. The van der Waals surface area contributed by atoms with Crippen molar-refractivity contribution in [1.82, 2.24) is 4.90 Å². The molecule has 0 unspecified atom stereocenters. The van der Waals surface area contributed by atoms with Gasteiger partial charge in [0.15, 0.2) is 0 Å². The molecule has 1 aromatic carbocycles. The molecular weight excluding hydrogens is 282 g/mol. The summed E-state index contributed by atoms with van der Waals surface area (Å²) >= 11 is 0. The van der Waals surface area contributed by atoms with Gasteiger partial charge in [-0.15, -0.1) is 0 Å². The predicted molar refractivity (Wildman–Crippen MR) is 80.9 cm³/mol. The molecule has 2 atom stereocenters. The maximum Gasteiger partial charge on any atom is 0.311 e. The average molecular weight is 303 g/mol. The van der Waals surface area contributed by atoms with Crippen LogP contribution in [0.15, 0.2) is 24.3 Å². The van der Waals surface area contributed by atoms with E-state index in [9.17, 15) is 14.7 Å². The summed E-state index contributed by atoms with van der Waals surface area (Å²) in [6.45, 7) is 3.19. The van der Waals surface area contributed by atoms with Crippen molar-refractivity contribution in [2.24, 2.45) is 5.41 Å². The first kappa shape index (κ1) is 14.9. The Balaban J connectivity index is 1.68. The van der Waals surface area contributed by atoms with Crippen molar-refractivity contribution in [3.8, 4) is 5.75 Å². The molecule has 1 aromatic rings. The molecule has 2 aliphatic rings. The van der Waals surface area contributed by atoms with Gasteiger partial charge in [-0.05, 0) is 37.3 Å². The molecule has 0 radical (unpaired) electrons. The van der Waals surface area contributed by atoms with Crippen molar-refractivity contribution in [3.05, 3.63) is 29.8 Å². The smallest absolute Gasteiger partial charge is 0.311 e. The highest BCUT2D eigenvalue weighted by Crippen LogP contribution is 2.37. The molecule has 2 heterocycles. The number of likely N-dealkylation sites (tertiary alicyclic amines) is 1. The molecule has 0 aliphatic carbocycles. The van der Waals surface area contributed by atoms with E-state index < -0.39 is 11.4 Å². The molecule has 3 rings (SSSR count). The summed E-state index contributed by atoms with van der Waals surface area (Å²) in [4.78, 5) is 25.5. The van der Waals surface area contributed by atoms with Crippen LogP contribution in [0.3, 0.4) is 0 Å². The number of ether oxygens (including phenoxy) is 1. The number of benzene rings is 1. The first-order valence-corrected chi connectivity index (χ1v) is 7.72. The van der Waals surface area contributed by atoms with E-state index in [1.165, 1.54) is 0 Å². The second-order valence-corrected chi connectivity index (χ2v) is 6.51. The highest BCUT2D eigenvalue weighted by molar-refractivity contribution is 5.81. The minimum absolute atomic E-state index is 0.0479. The fraction of sp³-hybridized carbons (Fsp3) is 0.529. The number of amides is 1. The van der Waals surface area contributed by atoms with Crippen LogP contribution in [0.2, 0.25) is 0 Å². The van der Waals surface area contributed by atoms with Crippen LogP contribution in [-0.4, -0.2) is 41.6 Å². The number of nitrogens with zero attached hydrogens (tertiary/aromatic N) is 1. The maximum absolute atomic E-state index is 12.5. The monoisotopic (exact) mass is 303 g/mol. The van der Waals surface area contributed by atoms with E-state index in [-0.39, 0.29) is 11.8 Å². The molecular formula is C17H21NO4. The zero-order chi connectivity index (χ0) is 15.7. The van der Waals surface area contributed by atoms with E-state index in [0.717, 1.165) is 17.7 Å². The summed E-state index contributed by atoms with van der Waals surface area (Å²) < 4.78 is 5.62. The largest absolute Gasteiger partial charge is 0.493 e.